The maximum atomic E-state index is 13.5. The summed E-state index contributed by atoms with van der Waals surface area (Å²) in [6.07, 6.45) is 7.97. The van der Waals surface area contributed by atoms with Crippen LogP contribution < -0.4 is 11.1 Å². The minimum atomic E-state index is -0.260. The normalized spacial score (nSPS) is 14.1. The number of aryl methyl sites for hydroxylation is 1. The summed E-state index contributed by atoms with van der Waals surface area (Å²) >= 11 is 0. The first-order valence-electron chi connectivity index (χ1n) is 11.0. The second kappa shape index (κ2) is 10.2. The largest absolute Gasteiger partial charge is 0.350 e. The fourth-order valence-corrected chi connectivity index (χ4v) is 3.75. The molecular formula is C27H28FN5. The molecular weight excluding hydrogens is 413 g/mol. The van der Waals surface area contributed by atoms with E-state index in [1.54, 1.807) is 12.3 Å². The molecule has 1 aromatic heterocycles. The second-order valence-electron chi connectivity index (χ2n) is 8.04. The van der Waals surface area contributed by atoms with Gasteiger partial charge in [-0.3, -0.25) is 0 Å². The van der Waals surface area contributed by atoms with Crippen LogP contribution in [0.3, 0.4) is 0 Å². The third kappa shape index (κ3) is 5.54. The van der Waals surface area contributed by atoms with Gasteiger partial charge >= 0.3 is 0 Å². The van der Waals surface area contributed by atoms with E-state index >= 15 is 0 Å². The Labute approximate surface area is 194 Å². The standard InChI is InChI=1S/C27H28FN5/c1-19-6-8-23(9-7-19)20(2)26(33-14-11-21(17-29)12-15-33)25-10-13-30-27(32-25)31-18-22-4-3-5-24(28)16-22/h3-14,16H,15,17-18,29H2,1-2H3,(H,30,31,32)/b26-20+. The van der Waals surface area contributed by atoms with Crippen LogP contribution in [0.2, 0.25) is 0 Å². The van der Waals surface area contributed by atoms with Crippen molar-refractivity contribution in [2.75, 3.05) is 18.4 Å². The summed E-state index contributed by atoms with van der Waals surface area (Å²) < 4.78 is 13.5. The summed E-state index contributed by atoms with van der Waals surface area (Å²) in [7, 11) is 0. The molecule has 2 heterocycles. The number of rotatable bonds is 7. The summed E-state index contributed by atoms with van der Waals surface area (Å²) in [4.78, 5) is 11.3. The molecule has 2 aromatic carbocycles. The average molecular weight is 442 g/mol. The van der Waals surface area contributed by atoms with Gasteiger partial charge in [0.15, 0.2) is 0 Å². The monoisotopic (exact) mass is 441 g/mol. The molecule has 1 aliphatic rings. The molecule has 0 atom stereocenters. The van der Waals surface area contributed by atoms with E-state index in [0.29, 0.717) is 25.6 Å². The van der Waals surface area contributed by atoms with Gasteiger partial charge in [-0.05, 0) is 60.4 Å². The molecule has 0 saturated carbocycles. The van der Waals surface area contributed by atoms with Crippen LogP contribution in [0.5, 0.6) is 0 Å². The molecule has 1 aliphatic heterocycles. The first-order valence-corrected chi connectivity index (χ1v) is 11.0. The van der Waals surface area contributed by atoms with Gasteiger partial charge in [-0.25, -0.2) is 14.4 Å². The van der Waals surface area contributed by atoms with Gasteiger partial charge in [0.05, 0.1) is 11.4 Å². The molecule has 0 aliphatic carbocycles. The van der Waals surface area contributed by atoms with Crippen molar-refractivity contribution in [3.05, 3.63) is 113 Å². The summed E-state index contributed by atoms with van der Waals surface area (Å²) in [6.45, 7) is 5.85. The molecule has 0 spiro atoms. The van der Waals surface area contributed by atoms with Gasteiger partial charge in [0.2, 0.25) is 5.95 Å². The zero-order valence-electron chi connectivity index (χ0n) is 18.9. The summed E-state index contributed by atoms with van der Waals surface area (Å²) in [5, 5.41) is 3.21. The summed E-state index contributed by atoms with van der Waals surface area (Å²) in [5.41, 5.74) is 13.0. The molecule has 5 nitrogen and oxygen atoms in total. The quantitative estimate of drug-likeness (QED) is 0.532. The highest BCUT2D eigenvalue weighted by Crippen LogP contribution is 2.30. The van der Waals surface area contributed by atoms with Crippen LogP contribution in [-0.4, -0.2) is 28.0 Å². The molecule has 3 N–H and O–H groups in total. The number of nitrogens with zero attached hydrogens (tertiary/aromatic N) is 3. The zero-order valence-corrected chi connectivity index (χ0v) is 18.9. The van der Waals surface area contributed by atoms with E-state index in [-0.39, 0.29) is 5.82 Å². The van der Waals surface area contributed by atoms with E-state index in [4.69, 9.17) is 10.7 Å². The molecule has 168 valence electrons. The van der Waals surface area contributed by atoms with Crippen LogP contribution in [0.25, 0.3) is 11.3 Å². The highest BCUT2D eigenvalue weighted by atomic mass is 19.1. The van der Waals surface area contributed by atoms with E-state index in [9.17, 15) is 4.39 Å². The molecule has 4 rings (SSSR count). The van der Waals surface area contributed by atoms with Crippen LogP contribution in [0.4, 0.5) is 10.3 Å². The SMILES string of the molecule is C/C(=C(/c1ccnc(NCc2cccc(F)c2)n1)N1C=CC(CN)=CC1)c1ccc(C)cc1. The lowest BCUT2D eigenvalue weighted by Crippen LogP contribution is -2.22. The molecule has 6 heteroatoms. The molecule has 0 bridgehead atoms. The lowest BCUT2D eigenvalue weighted by atomic mass is 10.0. The van der Waals surface area contributed by atoms with E-state index in [2.05, 4.69) is 65.6 Å². The highest BCUT2D eigenvalue weighted by molar-refractivity contribution is 5.88. The van der Waals surface area contributed by atoms with Crippen LogP contribution in [0, 0.1) is 12.7 Å². The van der Waals surface area contributed by atoms with Crippen molar-refractivity contribution in [3.8, 4) is 0 Å². The van der Waals surface area contributed by atoms with Crippen LogP contribution in [-0.2, 0) is 6.54 Å². The Morgan fingerprint density at radius 3 is 2.67 bits per heavy atom. The second-order valence-corrected chi connectivity index (χ2v) is 8.04. The van der Waals surface area contributed by atoms with E-state index in [1.165, 1.54) is 17.7 Å². The van der Waals surface area contributed by atoms with Crippen molar-refractivity contribution < 1.29 is 4.39 Å². The van der Waals surface area contributed by atoms with Crippen LogP contribution in [0.15, 0.2) is 84.7 Å². The van der Waals surface area contributed by atoms with Gasteiger partial charge in [0, 0.05) is 32.0 Å². The Balaban J connectivity index is 1.68. The van der Waals surface area contributed by atoms with Crippen molar-refractivity contribution in [2.24, 2.45) is 5.73 Å². The number of hydrogen-bond donors (Lipinski definition) is 2. The fraction of sp³-hybridized carbons (Fsp3) is 0.185. The Bertz CT molecular complexity index is 1210. The van der Waals surface area contributed by atoms with Gasteiger partial charge < -0.3 is 16.0 Å². The lowest BCUT2D eigenvalue weighted by Gasteiger charge is -2.27. The number of halogens is 1. The Kier molecular flexibility index (Phi) is 6.95. The van der Waals surface area contributed by atoms with Gasteiger partial charge in [-0.1, -0.05) is 48.0 Å². The number of hydrogen-bond acceptors (Lipinski definition) is 5. The number of nitrogens with one attached hydrogen (secondary N) is 1. The molecule has 0 radical (unpaired) electrons. The maximum Gasteiger partial charge on any atom is 0.223 e. The number of aromatic nitrogens is 2. The molecule has 0 fully saturated rings. The van der Waals surface area contributed by atoms with E-state index in [1.807, 2.05) is 18.2 Å². The third-order valence-corrected chi connectivity index (χ3v) is 5.62. The van der Waals surface area contributed by atoms with Gasteiger partial charge in [-0.2, -0.15) is 0 Å². The van der Waals surface area contributed by atoms with Gasteiger partial charge in [0.1, 0.15) is 5.82 Å². The van der Waals surface area contributed by atoms with Gasteiger partial charge in [-0.15, -0.1) is 0 Å². The number of allylic oxidation sites excluding steroid dienone is 1. The maximum absolute atomic E-state index is 13.5. The smallest absolute Gasteiger partial charge is 0.223 e. The van der Waals surface area contributed by atoms with Gasteiger partial charge in [0.25, 0.3) is 0 Å². The van der Waals surface area contributed by atoms with Crippen molar-refractivity contribution in [3.63, 3.8) is 0 Å². The molecule has 3 aromatic rings. The number of anilines is 1. The Morgan fingerprint density at radius 1 is 1.15 bits per heavy atom. The zero-order chi connectivity index (χ0) is 23.2. The van der Waals surface area contributed by atoms with E-state index < -0.39 is 0 Å². The molecule has 0 saturated heterocycles. The van der Waals surface area contributed by atoms with Crippen molar-refractivity contribution in [2.45, 2.75) is 20.4 Å². The molecule has 0 amide bonds. The summed E-state index contributed by atoms with van der Waals surface area (Å²) in [5.74, 6) is 0.231. The van der Waals surface area contributed by atoms with Crippen molar-refractivity contribution in [1.82, 2.24) is 14.9 Å². The lowest BCUT2D eigenvalue weighted by molar-refractivity contribution is 0.580. The number of benzene rings is 2. The Morgan fingerprint density at radius 2 is 1.97 bits per heavy atom. The van der Waals surface area contributed by atoms with Crippen LogP contribution in [0.1, 0.15) is 29.3 Å². The first kappa shape index (κ1) is 22.4. The third-order valence-electron chi connectivity index (χ3n) is 5.62. The van der Waals surface area contributed by atoms with E-state index in [0.717, 1.165) is 33.7 Å². The Hall–Kier alpha value is -3.77. The minimum absolute atomic E-state index is 0.260. The molecule has 33 heavy (non-hydrogen) atoms. The predicted octanol–water partition coefficient (Wildman–Crippen LogP) is 5.14. The summed E-state index contributed by atoms with van der Waals surface area (Å²) in [6, 6.07) is 16.9. The van der Waals surface area contributed by atoms with Crippen LogP contribution >= 0.6 is 0 Å². The number of nitrogens with two attached hydrogens (primary N) is 1. The van der Waals surface area contributed by atoms with Crippen molar-refractivity contribution in [1.29, 1.82) is 0 Å². The fourth-order valence-electron chi connectivity index (χ4n) is 3.75. The highest BCUT2D eigenvalue weighted by Gasteiger charge is 2.18. The predicted molar refractivity (Wildman–Crippen MR) is 132 cm³/mol. The van der Waals surface area contributed by atoms with Crippen molar-refractivity contribution >= 4 is 17.2 Å². The minimum Gasteiger partial charge on any atom is -0.350 e. The average Bonchev–Trinajstić information content (AvgIpc) is 2.84. The first-order chi connectivity index (χ1) is 16.0. The molecule has 0 unspecified atom stereocenters. The topological polar surface area (TPSA) is 67.1 Å².